The van der Waals surface area contributed by atoms with Crippen molar-refractivity contribution in [3.05, 3.63) is 29.1 Å². The average Bonchev–Trinajstić information content (AvgIpc) is 2.08. The number of rotatable bonds is 2. The van der Waals surface area contributed by atoms with Crippen molar-refractivity contribution in [2.24, 2.45) is 0 Å². The molecule has 1 aromatic rings. The number of carbonyl (C=O) groups is 1. The first-order valence-corrected chi connectivity index (χ1v) is 3.15. The molecule has 1 aromatic heterocycles. The summed E-state index contributed by atoms with van der Waals surface area (Å²) in [6.45, 7) is 0. The Morgan fingerprint density at radius 2 is 2.00 bits per heavy atom. The van der Waals surface area contributed by atoms with E-state index in [4.69, 9.17) is 0 Å². The standard InChI is InChI=1S/C7H3F4NO/c8-4-1-3(2-13)5(6(9)10)12-7(4)11/h1-2,6H. The van der Waals surface area contributed by atoms with Gasteiger partial charge in [-0.3, -0.25) is 4.79 Å². The van der Waals surface area contributed by atoms with E-state index >= 15 is 0 Å². The van der Waals surface area contributed by atoms with E-state index in [0.29, 0.717) is 6.07 Å². The molecular weight excluding hydrogens is 190 g/mol. The number of aldehydes is 1. The summed E-state index contributed by atoms with van der Waals surface area (Å²) in [7, 11) is 0. The zero-order chi connectivity index (χ0) is 10.0. The van der Waals surface area contributed by atoms with Crippen LogP contribution in [0.25, 0.3) is 0 Å². The Hall–Kier alpha value is -1.46. The first-order chi connectivity index (χ1) is 6.06. The summed E-state index contributed by atoms with van der Waals surface area (Å²) in [5, 5.41) is 0. The van der Waals surface area contributed by atoms with E-state index in [1.54, 1.807) is 0 Å². The Bertz CT molecular complexity index is 340. The van der Waals surface area contributed by atoms with E-state index in [0.717, 1.165) is 0 Å². The lowest BCUT2D eigenvalue weighted by molar-refractivity contribution is 0.110. The second kappa shape index (κ2) is 3.51. The second-order valence-electron chi connectivity index (χ2n) is 2.15. The Balaban J connectivity index is 3.32. The van der Waals surface area contributed by atoms with Crippen molar-refractivity contribution in [3.8, 4) is 0 Å². The summed E-state index contributed by atoms with van der Waals surface area (Å²) < 4.78 is 48.7. The van der Waals surface area contributed by atoms with Crippen LogP contribution < -0.4 is 0 Å². The Kier molecular flexibility index (Phi) is 2.60. The van der Waals surface area contributed by atoms with Gasteiger partial charge in [0, 0.05) is 5.56 Å². The van der Waals surface area contributed by atoms with Gasteiger partial charge in [0.2, 0.25) is 5.95 Å². The smallest absolute Gasteiger partial charge is 0.281 e. The number of carbonyl (C=O) groups excluding carboxylic acids is 1. The fraction of sp³-hybridized carbons (Fsp3) is 0.143. The van der Waals surface area contributed by atoms with Crippen molar-refractivity contribution in [1.82, 2.24) is 4.98 Å². The topological polar surface area (TPSA) is 30.0 Å². The first-order valence-electron chi connectivity index (χ1n) is 3.15. The molecule has 0 atom stereocenters. The van der Waals surface area contributed by atoms with E-state index in [2.05, 4.69) is 4.98 Å². The average molecular weight is 193 g/mol. The highest BCUT2D eigenvalue weighted by Crippen LogP contribution is 2.21. The minimum Gasteiger partial charge on any atom is -0.298 e. The molecule has 0 fully saturated rings. The van der Waals surface area contributed by atoms with Crippen molar-refractivity contribution in [1.29, 1.82) is 0 Å². The number of aromatic nitrogens is 1. The zero-order valence-corrected chi connectivity index (χ0v) is 6.10. The molecule has 0 aliphatic heterocycles. The van der Waals surface area contributed by atoms with Crippen LogP contribution in [0, 0.1) is 11.8 Å². The lowest BCUT2D eigenvalue weighted by atomic mass is 10.2. The highest BCUT2D eigenvalue weighted by molar-refractivity contribution is 5.76. The molecule has 0 unspecified atom stereocenters. The SMILES string of the molecule is O=Cc1cc(F)c(F)nc1C(F)F. The van der Waals surface area contributed by atoms with Crippen molar-refractivity contribution in [2.45, 2.75) is 6.43 Å². The summed E-state index contributed by atoms with van der Waals surface area (Å²) in [4.78, 5) is 12.8. The quantitative estimate of drug-likeness (QED) is 0.409. The third kappa shape index (κ3) is 1.82. The Morgan fingerprint density at radius 3 is 2.46 bits per heavy atom. The molecule has 70 valence electrons. The van der Waals surface area contributed by atoms with Crippen molar-refractivity contribution in [3.63, 3.8) is 0 Å². The molecule has 0 aliphatic rings. The van der Waals surface area contributed by atoms with Crippen LogP contribution >= 0.6 is 0 Å². The number of hydrogen-bond donors (Lipinski definition) is 0. The van der Waals surface area contributed by atoms with Crippen molar-refractivity contribution in [2.75, 3.05) is 0 Å². The lowest BCUT2D eigenvalue weighted by Gasteiger charge is -2.02. The maximum atomic E-state index is 12.4. The molecule has 0 aromatic carbocycles. The minimum absolute atomic E-state index is 0.00296. The maximum Gasteiger partial charge on any atom is 0.281 e. The van der Waals surface area contributed by atoms with Gasteiger partial charge in [-0.25, -0.2) is 18.2 Å². The summed E-state index contributed by atoms with van der Waals surface area (Å²) in [6, 6.07) is 0.386. The number of hydrogen-bond acceptors (Lipinski definition) is 2. The third-order valence-corrected chi connectivity index (χ3v) is 1.33. The molecule has 0 amide bonds. The summed E-state index contributed by atoms with van der Waals surface area (Å²) in [5.41, 5.74) is -1.69. The van der Waals surface area contributed by atoms with Gasteiger partial charge in [-0.1, -0.05) is 0 Å². The fourth-order valence-corrected chi connectivity index (χ4v) is 0.763. The largest absolute Gasteiger partial charge is 0.298 e. The second-order valence-corrected chi connectivity index (χ2v) is 2.15. The van der Waals surface area contributed by atoms with Crippen LogP contribution in [0.1, 0.15) is 22.5 Å². The first kappa shape index (κ1) is 9.63. The molecule has 0 spiro atoms. The molecule has 0 N–H and O–H groups in total. The highest BCUT2D eigenvalue weighted by atomic mass is 19.3. The molecule has 1 rings (SSSR count). The van der Waals surface area contributed by atoms with Crippen LogP contribution in [0.4, 0.5) is 17.6 Å². The summed E-state index contributed by atoms with van der Waals surface area (Å²) >= 11 is 0. The van der Waals surface area contributed by atoms with Gasteiger partial charge in [-0.15, -0.1) is 0 Å². The van der Waals surface area contributed by atoms with Crippen LogP contribution in [0.2, 0.25) is 0 Å². The van der Waals surface area contributed by atoms with Crippen molar-refractivity contribution >= 4 is 6.29 Å². The molecule has 0 aliphatic carbocycles. The lowest BCUT2D eigenvalue weighted by Crippen LogP contribution is -2.02. The number of alkyl halides is 2. The van der Waals surface area contributed by atoms with Gasteiger partial charge < -0.3 is 0 Å². The van der Waals surface area contributed by atoms with Gasteiger partial charge in [-0.05, 0) is 6.07 Å². The predicted molar refractivity (Wildman–Crippen MR) is 34.5 cm³/mol. The monoisotopic (exact) mass is 193 g/mol. The van der Waals surface area contributed by atoms with Gasteiger partial charge in [0.15, 0.2) is 12.1 Å². The molecule has 2 nitrogen and oxygen atoms in total. The Morgan fingerprint density at radius 1 is 1.38 bits per heavy atom. The van der Waals surface area contributed by atoms with Gasteiger partial charge >= 0.3 is 0 Å². The maximum absolute atomic E-state index is 12.4. The van der Waals surface area contributed by atoms with E-state index in [1.807, 2.05) is 0 Å². The normalized spacial score (nSPS) is 10.5. The van der Waals surface area contributed by atoms with Crippen LogP contribution in [0.5, 0.6) is 0 Å². The molecule has 0 radical (unpaired) electrons. The fourth-order valence-electron chi connectivity index (χ4n) is 0.763. The van der Waals surface area contributed by atoms with Crippen LogP contribution in [-0.2, 0) is 0 Å². The van der Waals surface area contributed by atoms with Gasteiger partial charge in [0.1, 0.15) is 5.69 Å². The molecule has 0 bridgehead atoms. The van der Waals surface area contributed by atoms with Crippen LogP contribution in [-0.4, -0.2) is 11.3 Å². The minimum atomic E-state index is -3.10. The van der Waals surface area contributed by atoms with Gasteiger partial charge in [0.05, 0.1) is 0 Å². The van der Waals surface area contributed by atoms with E-state index < -0.39 is 29.4 Å². The van der Waals surface area contributed by atoms with Gasteiger partial charge in [0.25, 0.3) is 6.43 Å². The molecule has 6 heteroatoms. The zero-order valence-electron chi connectivity index (χ0n) is 6.10. The van der Waals surface area contributed by atoms with E-state index in [9.17, 15) is 22.4 Å². The van der Waals surface area contributed by atoms with Crippen molar-refractivity contribution < 1.29 is 22.4 Å². The van der Waals surface area contributed by atoms with Gasteiger partial charge in [-0.2, -0.15) is 4.39 Å². The van der Waals surface area contributed by atoms with E-state index in [1.165, 1.54) is 0 Å². The molecular formula is C7H3F4NO. The molecule has 13 heavy (non-hydrogen) atoms. The van der Waals surface area contributed by atoms with Crippen LogP contribution in [0.15, 0.2) is 6.07 Å². The number of pyridine rings is 1. The van der Waals surface area contributed by atoms with Crippen LogP contribution in [0.3, 0.4) is 0 Å². The number of nitrogens with zero attached hydrogens (tertiary/aromatic N) is 1. The highest BCUT2D eigenvalue weighted by Gasteiger charge is 2.18. The predicted octanol–water partition coefficient (Wildman–Crippen LogP) is 2.11. The van der Waals surface area contributed by atoms with E-state index in [-0.39, 0.29) is 6.29 Å². The molecule has 1 heterocycles. The summed E-state index contributed by atoms with van der Waals surface area (Å²) in [5.74, 6) is -3.06. The molecule has 0 saturated carbocycles. The Labute approximate surface area is 70.2 Å². The molecule has 0 saturated heterocycles. The number of halogens is 4. The third-order valence-electron chi connectivity index (χ3n) is 1.33. The summed E-state index contributed by atoms with van der Waals surface area (Å²) in [6.07, 6.45) is -3.10.